The molecule has 166 valence electrons. The van der Waals surface area contributed by atoms with E-state index in [1.54, 1.807) is 0 Å². The summed E-state index contributed by atoms with van der Waals surface area (Å²) in [5, 5.41) is 0. The van der Waals surface area contributed by atoms with Crippen molar-refractivity contribution in [3.8, 4) is 11.1 Å². The van der Waals surface area contributed by atoms with Crippen LogP contribution >= 0.6 is 0 Å². The van der Waals surface area contributed by atoms with Crippen LogP contribution in [0.3, 0.4) is 0 Å². The zero-order chi connectivity index (χ0) is 22.4. The second-order valence-corrected chi connectivity index (χ2v) is 8.73. The van der Waals surface area contributed by atoms with Crippen molar-refractivity contribution >= 4 is 5.91 Å². The van der Waals surface area contributed by atoms with Crippen LogP contribution in [0.1, 0.15) is 69.2 Å². The summed E-state index contributed by atoms with van der Waals surface area (Å²) in [6, 6.07) is 16.1. The van der Waals surface area contributed by atoms with E-state index in [0.717, 1.165) is 72.9 Å². The molecule has 1 aliphatic rings. The first-order chi connectivity index (χ1) is 14.9. The fourth-order valence-electron chi connectivity index (χ4n) is 4.35. The van der Waals surface area contributed by atoms with E-state index in [9.17, 15) is 4.79 Å². The number of hydrogen-bond donors (Lipinski definition) is 3. The van der Waals surface area contributed by atoms with Gasteiger partial charge < -0.3 is 22.1 Å². The van der Waals surface area contributed by atoms with Gasteiger partial charge in [-0.15, -0.1) is 0 Å². The first kappa shape index (κ1) is 23.2. The molecule has 1 saturated carbocycles. The lowest BCUT2D eigenvalue weighted by Gasteiger charge is -2.33. The fraction of sp³-hybridized carbons (Fsp3) is 0.423. The molecule has 3 rings (SSSR count). The molecule has 0 aromatic heterocycles. The van der Waals surface area contributed by atoms with E-state index in [2.05, 4.69) is 37.8 Å². The van der Waals surface area contributed by atoms with Gasteiger partial charge in [0.05, 0.1) is 18.2 Å². The Labute approximate surface area is 186 Å². The second-order valence-electron chi connectivity index (χ2n) is 8.73. The lowest BCUT2D eigenvalue weighted by molar-refractivity contribution is -0.135. The number of allylic oxidation sites excluding steroid dienone is 1. The van der Waals surface area contributed by atoms with E-state index < -0.39 is 11.7 Å². The van der Waals surface area contributed by atoms with Crippen LogP contribution in [-0.4, -0.2) is 16.3 Å². The number of rotatable bonds is 9. The number of nitrogens with two attached hydrogens (primary N) is 3. The summed E-state index contributed by atoms with van der Waals surface area (Å²) in [5.74, 6) is 0.00892. The van der Waals surface area contributed by atoms with Gasteiger partial charge in [-0.3, -0.25) is 4.79 Å². The minimum atomic E-state index is -0.759. The summed E-state index contributed by atoms with van der Waals surface area (Å²) < 4.78 is 0. The van der Waals surface area contributed by atoms with Crippen molar-refractivity contribution < 1.29 is 4.79 Å². The van der Waals surface area contributed by atoms with Gasteiger partial charge in [0.15, 0.2) is 0 Å². The number of nitrogens with zero attached hydrogens (tertiary/aromatic N) is 1. The molecule has 1 fully saturated rings. The predicted molar refractivity (Wildman–Crippen MR) is 128 cm³/mol. The van der Waals surface area contributed by atoms with Crippen LogP contribution in [0, 0.1) is 0 Å². The van der Waals surface area contributed by atoms with Gasteiger partial charge in [-0.05, 0) is 47.9 Å². The van der Waals surface area contributed by atoms with Crippen LogP contribution in [0.5, 0.6) is 0 Å². The van der Waals surface area contributed by atoms with Gasteiger partial charge in [0.25, 0.3) is 0 Å². The molecule has 0 aliphatic heterocycles. The third kappa shape index (κ3) is 5.42. The molecule has 1 amide bonds. The Morgan fingerprint density at radius 2 is 1.74 bits per heavy atom. The average molecular weight is 421 g/mol. The number of carbonyl (C=O) groups is 1. The predicted octanol–water partition coefficient (Wildman–Crippen LogP) is 4.57. The lowest BCUT2D eigenvalue weighted by Crippen LogP contribution is -2.52. The minimum absolute atomic E-state index is 0.00892. The van der Waals surface area contributed by atoms with E-state index in [0.29, 0.717) is 6.54 Å². The molecule has 6 N–H and O–H groups in total. The third-order valence-corrected chi connectivity index (χ3v) is 6.29. The maximum Gasteiger partial charge on any atom is 0.247 e. The molecule has 0 radical (unpaired) electrons. The minimum Gasteiger partial charge on any atom is -0.317 e. The lowest BCUT2D eigenvalue weighted by atomic mass is 9.95. The molecule has 0 atom stereocenters. The molecule has 5 nitrogen and oxygen atoms in total. The summed E-state index contributed by atoms with van der Waals surface area (Å²) in [5.41, 5.74) is 22.5. The van der Waals surface area contributed by atoms with Crippen LogP contribution in [0.25, 0.3) is 11.1 Å². The van der Waals surface area contributed by atoms with Crippen LogP contribution in [0.15, 0.2) is 60.8 Å². The summed E-state index contributed by atoms with van der Waals surface area (Å²) in [7, 11) is 0. The first-order valence-corrected chi connectivity index (χ1v) is 11.3. The van der Waals surface area contributed by atoms with Gasteiger partial charge in [-0.1, -0.05) is 81.3 Å². The number of amides is 1. The van der Waals surface area contributed by atoms with Crippen molar-refractivity contribution in [2.75, 3.05) is 0 Å². The monoisotopic (exact) mass is 420 g/mol. The molecule has 0 saturated heterocycles. The van der Waals surface area contributed by atoms with Crippen molar-refractivity contribution in [2.24, 2.45) is 17.2 Å². The Balaban J connectivity index is 1.83. The highest BCUT2D eigenvalue weighted by atomic mass is 16.2. The van der Waals surface area contributed by atoms with Gasteiger partial charge in [0.1, 0.15) is 0 Å². The van der Waals surface area contributed by atoms with Crippen molar-refractivity contribution in [3.63, 3.8) is 0 Å². The van der Waals surface area contributed by atoms with Crippen molar-refractivity contribution in [2.45, 2.75) is 70.1 Å². The van der Waals surface area contributed by atoms with Crippen LogP contribution in [-0.2, 0) is 11.3 Å². The highest BCUT2D eigenvalue weighted by molar-refractivity contribution is 5.87. The highest BCUT2D eigenvalue weighted by Gasteiger charge is 2.40. The Bertz CT molecular complexity index is 898. The third-order valence-electron chi connectivity index (χ3n) is 6.29. The van der Waals surface area contributed by atoms with Crippen LogP contribution in [0.2, 0.25) is 0 Å². The molecule has 1 aliphatic carbocycles. The Kier molecular flexibility index (Phi) is 7.65. The van der Waals surface area contributed by atoms with Gasteiger partial charge in [-0.25, -0.2) is 0 Å². The van der Waals surface area contributed by atoms with Gasteiger partial charge in [0.2, 0.25) is 5.91 Å². The van der Waals surface area contributed by atoms with Gasteiger partial charge >= 0.3 is 0 Å². The van der Waals surface area contributed by atoms with Crippen molar-refractivity contribution in [3.05, 3.63) is 71.9 Å². The Hall–Kier alpha value is -2.47. The molecule has 0 heterocycles. The molecule has 0 bridgehead atoms. The number of unbranched alkanes of at least 4 members (excludes halogenated alkanes) is 1. The van der Waals surface area contributed by atoms with Crippen LogP contribution in [0.4, 0.5) is 0 Å². The normalized spacial score (nSPS) is 15.3. The Morgan fingerprint density at radius 3 is 2.35 bits per heavy atom. The topological polar surface area (TPSA) is 98.4 Å². The molecule has 2 aromatic carbocycles. The molecule has 2 aromatic rings. The SMILES string of the molecule is C=C(CCCC)N(Cc1ccc(-c2ccccc2C(N)N)cc1)C(=O)C1(N)CCCC1. The quantitative estimate of drug-likeness (QED) is 0.517. The standard InChI is InChI=1S/C26H36N4O/c1-3-4-9-19(2)30(25(31)26(29)16-7-8-17-26)18-20-12-14-21(15-13-20)22-10-5-6-11-23(22)24(27)28/h5-6,10-15,24H,2-4,7-9,16-18,27-29H2,1H3. The summed E-state index contributed by atoms with van der Waals surface area (Å²) in [6.07, 6.45) is 5.86. The number of carbonyl (C=O) groups excluding carboxylic acids is 1. The highest BCUT2D eigenvalue weighted by Crippen LogP contribution is 2.32. The first-order valence-electron chi connectivity index (χ1n) is 11.3. The zero-order valence-corrected chi connectivity index (χ0v) is 18.6. The maximum atomic E-state index is 13.4. The molecule has 0 spiro atoms. The molecule has 31 heavy (non-hydrogen) atoms. The second kappa shape index (κ2) is 10.2. The molecule has 5 heteroatoms. The van der Waals surface area contributed by atoms with E-state index in [1.807, 2.05) is 29.2 Å². The molecule has 0 unspecified atom stereocenters. The average Bonchev–Trinajstić information content (AvgIpc) is 3.23. The van der Waals surface area contributed by atoms with Gasteiger partial charge in [0, 0.05) is 5.70 Å². The zero-order valence-electron chi connectivity index (χ0n) is 18.6. The van der Waals surface area contributed by atoms with Gasteiger partial charge in [-0.2, -0.15) is 0 Å². The summed E-state index contributed by atoms with van der Waals surface area (Å²) in [4.78, 5) is 15.2. The van der Waals surface area contributed by atoms with Crippen molar-refractivity contribution in [1.29, 1.82) is 0 Å². The molecular formula is C26H36N4O. The van der Waals surface area contributed by atoms with E-state index in [-0.39, 0.29) is 5.91 Å². The fourth-order valence-corrected chi connectivity index (χ4v) is 4.35. The smallest absolute Gasteiger partial charge is 0.247 e. The van der Waals surface area contributed by atoms with E-state index in [4.69, 9.17) is 17.2 Å². The Morgan fingerprint density at radius 1 is 1.10 bits per heavy atom. The van der Waals surface area contributed by atoms with Crippen molar-refractivity contribution in [1.82, 2.24) is 4.90 Å². The summed E-state index contributed by atoms with van der Waals surface area (Å²) >= 11 is 0. The van der Waals surface area contributed by atoms with Crippen LogP contribution < -0.4 is 17.2 Å². The summed E-state index contributed by atoms with van der Waals surface area (Å²) in [6.45, 7) is 6.86. The molecular weight excluding hydrogens is 384 g/mol. The number of hydrogen-bond acceptors (Lipinski definition) is 4. The number of benzene rings is 2. The van der Waals surface area contributed by atoms with E-state index in [1.165, 1.54) is 0 Å². The maximum absolute atomic E-state index is 13.4. The largest absolute Gasteiger partial charge is 0.317 e. The van der Waals surface area contributed by atoms with E-state index >= 15 is 0 Å².